The Morgan fingerprint density at radius 1 is 1.13 bits per heavy atom. The molecule has 7 nitrogen and oxygen atoms in total. The van der Waals surface area contributed by atoms with Gasteiger partial charge in [0.1, 0.15) is 5.82 Å². The maximum absolute atomic E-state index is 14.5. The van der Waals surface area contributed by atoms with E-state index in [-0.39, 0.29) is 34.9 Å². The van der Waals surface area contributed by atoms with Crippen LogP contribution in [0.1, 0.15) is 69.3 Å². The number of amides is 3. The summed E-state index contributed by atoms with van der Waals surface area (Å²) in [6, 6.07) is 12.7. The highest BCUT2D eigenvalue weighted by atomic mass is 19.1. The maximum Gasteiger partial charge on any atom is 0.251 e. The van der Waals surface area contributed by atoms with E-state index in [1.807, 2.05) is 30.3 Å². The molecule has 1 heterocycles. The van der Waals surface area contributed by atoms with Crippen molar-refractivity contribution >= 4 is 23.4 Å². The number of carbonyl (C=O) groups excluding carboxylic acids is 3. The number of rotatable bonds is 11. The van der Waals surface area contributed by atoms with Gasteiger partial charge in [-0.2, -0.15) is 0 Å². The summed E-state index contributed by atoms with van der Waals surface area (Å²) in [5, 5.41) is 17.0. The van der Waals surface area contributed by atoms with E-state index >= 15 is 0 Å². The first kappa shape index (κ1) is 29.3. The van der Waals surface area contributed by atoms with Crippen LogP contribution in [0.4, 0.5) is 10.1 Å². The van der Waals surface area contributed by atoms with E-state index in [0.29, 0.717) is 32.4 Å². The molecule has 8 heteroatoms. The molecule has 1 fully saturated rings. The van der Waals surface area contributed by atoms with Gasteiger partial charge >= 0.3 is 0 Å². The van der Waals surface area contributed by atoms with Crippen molar-refractivity contribution in [1.29, 1.82) is 0 Å². The molecule has 3 amide bonds. The first-order valence-corrected chi connectivity index (χ1v) is 13.3. The lowest BCUT2D eigenvalue weighted by Crippen LogP contribution is -2.46. The number of hydrogen-bond donors (Lipinski definition) is 3. The third-order valence-electron chi connectivity index (χ3n) is 6.87. The molecule has 0 saturated carbocycles. The second kappa shape index (κ2) is 13.0. The Labute approximate surface area is 224 Å². The van der Waals surface area contributed by atoms with Gasteiger partial charge < -0.3 is 20.6 Å². The van der Waals surface area contributed by atoms with E-state index in [0.717, 1.165) is 12.0 Å². The van der Waals surface area contributed by atoms with Gasteiger partial charge in [0.25, 0.3) is 5.91 Å². The van der Waals surface area contributed by atoms with E-state index in [2.05, 4.69) is 31.4 Å². The van der Waals surface area contributed by atoms with Crippen LogP contribution in [0.3, 0.4) is 0 Å². The Bertz CT molecular complexity index is 1120. The van der Waals surface area contributed by atoms with Crippen molar-refractivity contribution in [2.24, 2.45) is 11.3 Å². The summed E-state index contributed by atoms with van der Waals surface area (Å²) in [7, 11) is 0. The molecule has 2 aromatic rings. The molecule has 3 atom stereocenters. The van der Waals surface area contributed by atoms with Crippen LogP contribution in [0.15, 0.2) is 48.5 Å². The fourth-order valence-electron chi connectivity index (χ4n) is 4.54. The lowest BCUT2D eigenvalue weighted by Gasteiger charge is -2.27. The van der Waals surface area contributed by atoms with Crippen LogP contribution >= 0.6 is 0 Å². The molecule has 1 aliphatic rings. The van der Waals surface area contributed by atoms with Gasteiger partial charge in [-0.05, 0) is 54.9 Å². The number of hydrogen-bond acceptors (Lipinski definition) is 4. The normalized spacial score (nSPS) is 16.2. The van der Waals surface area contributed by atoms with Crippen LogP contribution in [-0.4, -0.2) is 48.1 Å². The van der Waals surface area contributed by atoms with Gasteiger partial charge in [0.15, 0.2) is 0 Å². The summed E-state index contributed by atoms with van der Waals surface area (Å²) in [5.74, 6) is -1.83. The molecular weight excluding hydrogens is 485 g/mol. The van der Waals surface area contributed by atoms with Crippen molar-refractivity contribution in [3.05, 3.63) is 65.5 Å². The largest absolute Gasteiger partial charge is 0.391 e. The van der Waals surface area contributed by atoms with E-state index in [9.17, 15) is 23.9 Å². The minimum Gasteiger partial charge on any atom is -0.391 e. The zero-order valence-corrected chi connectivity index (χ0v) is 22.8. The standard InChI is InChI=1S/C30H40FN3O4/c1-20(28(37)32-15-14-30(2,3)4)17-26(35)24(18-21-9-6-5-7-10-21)33-29(38)22-12-13-23(31)25(19-22)34-16-8-11-27(34)36/h5-7,9-10,12-13,19-20,24,26,35H,8,11,14-18H2,1-4H3,(H,32,37)(H,33,38)/t20-,24+,26-/m1/s1. The Morgan fingerprint density at radius 2 is 1.84 bits per heavy atom. The second-order valence-electron chi connectivity index (χ2n) is 11.4. The van der Waals surface area contributed by atoms with Crippen molar-refractivity contribution in [3.63, 3.8) is 0 Å². The predicted octanol–water partition coefficient (Wildman–Crippen LogP) is 4.23. The minimum absolute atomic E-state index is 0.0841. The summed E-state index contributed by atoms with van der Waals surface area (Å²) in [6.07, 6.45) is 1.35. The highest BCUT2D eigenvalue weighted by molar-refractivity contribution is 5.99. The fourth-order valence-corrected chi connectivity index (χ4v) is 4.54. The zero-order valence-electron chi connectivity index (χ0n) is 22.8. The Kier molecular flexibility index (Phi) is 10.0. The van der Waals surface area contributed by atoms with Gasteiger partial charge in [0.05, 0.1) is 17.8 Å². The van der Waals surface area contributed by atoms with Crippen LogP contribution in [-0.2, 0) is 16.0 Å². The average Bonchev–Trinajstić information content (AvgIpc) is 3.29. The summed E-state index contributed by atoms with van der Waals surface area (Å²) in [5.41, 5.74) is 1.30. The first-order valence-electron chi connectivity index (χ1n) is 13.3. The molecule has 206 valence electrons. The number of halogens is 1. The summed E-state index contributed by atoms with van der Waals surface area (Å²) >= 11 is 0. The lowest BCUT2D eigenvalue weighted by atomic mass is 9.91. The minimum atomic E-state index is -0.998. The van der Waals surface area contributed by atoms with Gasteiger partial charge in [0, 0.05) is 31.0 Å². The van der Waals surface area contributed by atoms with E-state index in [1.54, 1.807) is 6.92 Å². The van der Waals surface area contributed by atoms with Gasteiger partial charge in [-0.15, -0.1) is 0 Å². The maximum atomic E-state index is 14.5. The van der Waals surface area contributed by atoms with Gasteiger partial charge in [-0.3, -0.25) is 14.4 Å². The number of benzene rings is 2. The quantitative estimate of drug-likeness (QED) is 0.409. The number of nitrogens with zero attached hydrogens (tertiary/aromatic N) is 1. The fraction of sp³-hybridized carbons (Fsp3) is 0.500. The molecular formula is C30H40FN3O4. The summed E-state index contributed by atoms with van der Waals surface area (Å²) in [6.45, 7) is 9.05. The third kappa shape index (κ3) is 8.38. The number of aliphatic hydroxyl groups excluding tert-OH is 1. The van der Waals surface area contributed by atoms with Crippen LogP contribution < -0.4 is 15.5 Å². The molecule has 2 aromatic carbocycles. The Balaban J connectivity index is 1.72. The molecule has 0 spiro atoms. The van der Waals surface area contributed by atoms with Crippen molar-refractivity contribution in [1.82, 2.24) is 10.6 Å². The molecule has 38 heavy (non-hydrogen) atoms. The molecule has 3 rings (SSSR count). The number of aliphatic hydroxyl groups is 1. The van der Waals surface area contributed by atoms with Crippen molar-refractivity contribution in [2.75, 3.05) is 18.0 Å². The Morgan fingerprint density at radius 3 is 2.47 bits per heavy atom. The molecule has 0 radical (unpaired) electrons. The highest BCUT2D eigenvalue weighted by Crippen LogP contribution is 2.26. The van der Waals surface area contributed by atoms with Crippen LogP contribution in [0.5, 0.6) is 0 Å². The second-order valence-corrected chi connectivity index (χ2v) is 11.4. The van der Waals surface area contributed by atoms with E-state index in [4.69, 9.17) is 0 Å². The SMILES string of the molecule is C[C@H](C[C@@H](O)[C@H](Cc1ccccc1)NC(=O)c1ccc(F)c(N2CCCC2=O)c1)C(=O)NCCC(C)(C)C. The van der Waals surface area contributed by atoms with Crippen LogP contribution in [0.25, 0.3) is 0 Å². The first-order chi connectivity index (χ1) is 17.9. The predicted molar refractivity (Wildman–Crippen MR) is 146 cm³/mol. The van der Waals surface area contributed by atoms with E-state index in [1.165, 1.54) is 23.1 Å². The number of carbonyl (C=O) groups is 3. The van der Waals surface area contributed by atoms with Gasteiger partial charge in [0.2, 0.25) is 11.8 Å². The number of anilines is 1. The van der Waals surface area contributed by atoms with Gasteiger partial charge in [-0.1, -0.05) is 58.0 Å². The molecule has 0 aromatic heterocycles. The van der Waals surface area contributed by atoms with Crippen LogP contribution in [0.2, 0.25) is 0 Å². The monoisotopic (exact) mass is 525 g/mol. The molecule has 0 unspecified atom stereocenters. The molecule has 3 N–H and O–H groups in total. The summed E-state index contributed by atoms with van der Waals surface area (Å²) in [4.78, 5) is 39.4. The third-order valence-corrected chi connectivity index (χ3v) is 6.87. The molecule has 0 aliphatic carbocycles. The summed E-state index contributed by atoms with van der Waals surface area (Å²) < 4.78 is 14.5. The van der Waals surface area contributed by atoms with Gasteiger partial charge in [-0.25, -0.2) is 4.39 Å². The Hall–Kier alpha value is -3.26. The topological polar surface area (TPSA) is 98.7 Å². The zero-order chi connectivity index (χ0) is 27.9. The molecule has 1 saturated heterocycles. The van der Waals surface area contributed by atoms with Crippen LogP contribution in [0, 0.1) is 17.2 Å². The average molecular weight is 526 g/mol. The van der Waals surface area contributed by atoms with Crippen molar-refractivity contribution < 1.29 is 23.9 Å². The van der Waals surface area contributed by atoms with E-state index < -0.39 is 29.8 Å². The number of nitrogens with one attached hydrogen (secondary N) is 2. The highest BCUT2D eigenvalue weighted by Gasteiger charge is 2.28. The molecule has 0 bridgehead atoms. The van der Waals surface area contributed by atoms with Crippen molar-refractivity contribution in [2.45, 2.75) is 71.9 Å². The smallest absolute Gasteiger partial charge is 0.251 e. The lowest BCUT2D eigenvalue weighted by molar-refractivity contribution is -0.125. The molecule has 1 aliphatic heterocycles. The van der Waals surface area contributed by atoms with Crippen molar-refractivity contribution in [3.8, 4) is 0 Å².